The van der Waals surface area contributed by atoms with E-state index in [1.165, 1.54) is 4.90 Å². The van der Waals surface area contributed by atoms with Gasteiger partial charge in [-0.15, -0.1) is 0 Å². The first-order chi connectivity index (χ1) is 20.0. The normalized spacial score (nSPS) is 24.5. The number of nitrogens with zero attached hydrogens (tertiary/aromatic N) is 2. The maximum atomic E-state index is 13.6. The van der Waals surface area contributed by atoms with Crippen molar-refractivity contribution in [3.05, 3.63) is 71.9 Å². The van der Waals surface area contributed by atoms with Gasteiger partial charge in [-0.2, -0.15) is 0 Å². The van der Waals surface area contributed by atoms with Crippen LogP contribution >= 0.6 is 11.8 Å². The SMILES string of the molecule is CC(=O)O[C@H]1O[C@@H](SC2=N/C(=C\c3ccccc3)C(=O)N2c2ccccc2)[C@H](OC(C)=O)[C@@H](OC(C)=O)[C@@H]1OC(C)=O. The third-order valence-corrected chi connectivity index (χ3v) is 6.91. The van der Waals surface area contributed by atoms with E-state index in [2.05, 4.69) is 4.99 Å². The number of aliphatic imine (C=N–C) groups is 1. The van der Waals surface area contributed by atoms with E-state index in [1.807, 2.05) is 30.3 Å². The number of amides is 1. The van der Waals surface area contributed by atoms with E-state index in [0.29, 0.717) is 5.69 Å². The smallest absolute Gasteiger partial charge is 0.305 e. The van der Waals surface area contributed by atoms with Crippen molar-refractivity contribution in [3.8, 4) is 0 Å². The Morgan fingerprint density at radius 1 is 0.762 bits per heavy atom. The lowest BCUT2D eigenvalue weighted by molar-refractivity contribution is -0.280. The summed E-state index contributed by atoms with van der Waals surface area (Å²) in [5.74, 6) is -3.54. The number of amidine groups is 1. The number of para-hydroxylation sites is 1. The summed E-state index contributed by atoms with van der Waals surface area (Å²) < 4.78 is 27.6. The molecule has 42 heavy (non-hydrogen) atoms. The molecule has 12 nitrogen and oxygen atoms in total. The summed E-state index contributed by atoms with van der Waals surface area (Å²) in [6.07, 6.45) is -4.21. The van der Waals surface area contributed by atoms with Gasteiger partial charge in [0.1, 0.15) is 5.70 Å². The lowest BCUT2D eigenvalue weighted by Crippen LogP contribution is -2.61. The van der Waals surface area contributed by atoms with Crippen molar-refractivity contribution in [2.45, 2.75) is 57.7 Å². The summed E-state index contributed by atoms with van der Waals surface area (Å²) >= 11 is 0.874. The lowest BCUT2D eigenvalue weighted by atomic mass is 10.0. The van der Waals surface area contributed by atoms with Crippen molar-refractivity contribution < 1.29 is 47.7 Å². The number of hydrogen-bond donors (Lipinski definition) is 0. The van der Waals surface area contributed by atoms with Crippen LogP contribution in [-0.2, 0) is 47.7 Å². The van der Waals surface area contributed by atoms with Gasteiger partial charge >= 0.3 is 23.9 Å². The van der Waals surface area contributed by atoms with Gasteiger partial charge in [-0.25, -0.2) is 4.99 Å². The largest absolute Gasteiger partial charge is 0.455 e. The molecule has 0 spiro atoms. The summed E-state index contributed by atoms with van der Waals surface area (Å²) in [6.45, 7) is 4.48. The molecule has 0 saturated carbocycles. The molecular formula is C29H28N2O10S. The second kappa shape index (κ2) is 13.4. The molecule has 4 rings (SSSR count). The van der Waals surface area contributed by atoms with Crippen LogP contribution in [0.4, 0.5) is 5.69 Å². The fourth-order valence-electron chi connectivity index (χ4n) is 4.28. The zero-order chi connectivity index (χ0) is 30.4. The third-order valence-electron chi connectivity index (χ3n) is 5.81. The van der Waals surface area contributed by atoms with Crippen LogP contribution in [0.1, 0.15) is 33.3 Å². The van der Waals surface area contributed by atoms with E-state index in [0.717, 1.165) is 45.0 Å². The van der Waals surface area contributed by atoms with Gasteiger partial charge in [0.2, 0.25) is 12.4 Å². The minimum absolute atomic E-state index is 0.123. The predicted octanol–water partition coefficient (Wildman–Crippen LogP) is 3.20. The molecule has 1 saturated heterocycles. The number of carbonyl (C=O) groups excluding carboxylic acids is 5. The highest BCUT2D eigenvalue weighted by molar-refractivity contribution is 8.14. The summed E-state index contributed by atoms with van der Waals surface area (Å²) in [7, 11) is 0. The highest BCUT2D eigenvalue weighted by Crippen LogP contribution is 2.38. The quantitative estimate of drug-likeness (QED) is 0.264. The van der Waals surface area contributed by atoms with E-state index >= 15 is 0 Å². The summed E-state index contributed by atoms with van der Waals surface area (Å²) in [6, 6.07) is 17.8. The second-order valence-electron chi connectivity index (χ2n) is 9.13. The van der Waals surface area contributed by atoms with Crippen LogP contribution in [-0.4, -0.2) is 65.0 Å². The Morgan fingerprint density at radius 3 is 1.86 bits per heavy atom. The minimum atomic E-state index is -1.55. The zero-order valence-corrected chi connectivity index (χ0v) is 23.9. The van der Waals surface area contributed by atoms with Crippen molar-refractivity contribution in [1.82, 2.24) is 0 Å². The molecule has 0 N–H and O–H groups in total. The third kappa shape index (κ3) is 7.42. The van der Waals surface area contributed by atoms with Crippen LogP contribution < -0.4 is 4.90 Å². The zero-order valence-electron chi connectivity index (χ0n) is 23.1. The molecule has 13 heteroatoms. The van der Waals surface area contributed by atoms with E-state index in [-0.39, 0.29) is 10.9 Å². The summed E-state index contributed by atoms with van der Waals surface area (Å²) in [5.41, 5.74) is 0.113. The molecule has 220 valence electrons. The van der Waals surface area contributed by atoms with Crippen LogP contribution in [0.25, 0.3) is 6.08 Å². The van der Waals surface area contributed by atoms with E-state index < -0.39 is 59.8 Å². The Morgan fingerprint density at radius 2 is 1.29 bits per heavy atom. The molecule has 0 radical (unpaired) electrons. The van der Waals surface area contributed by atoms with Gasteiger partial charge in [-0.05, 0) is 23.8 Å². The number of rotatable bonds is 7. The maximum absolute atomic E-state index is 13.6. The maximum Gasteiger partial charge on any atom is 0.305 e. The van der Waals surface area contributed by atoms with Gasteiger partial charge in [0.25, 0.3) is 5.91 Å². The second-order valence-corrected chi connectivity index (χ2v) is 10.2. The Labute approximate surface area is 245 Å². The number of ether oxygens (including phenoxy) is 5. The topological polar surface area (TPSA) is 147 Å². The van der Waals surface area contributed by atoms with Crippen LogP contribution in [0.3, 0.4) is 0 Å². The molecule has 0 unspecified atom stereocenters. The highest BCUT2D eigenvalue weighted by atomic mass is 32.2. The Hall–Kier alpha value is -4.49. The number of benzene rings is 2. The first-order valence-electron chi connectivity index (χ1n) is 12.8. The number of anilines is 1. The van der Waals surface area contributed by atoms with Crippen molar-refractivity contribution in [2.24, 2.45) is 4.99 Å². The molecule has 2 aromatic carbocycles. The number of carbonyl (C=O) groups is 5. The predicted molar refractivity (Wildman–Crippen MR) is 150 cm³/mol. The van der Waals surface area contributed by atoms with Crippen molar-refractivity contribution in [2.75, 3.05) is 4.90 Å². The van der Waals surface area contributed by atoms with Gasteiger partial charge in [-0.1, -0.05) is 60.3 Å². The fraction of sp³-hybridized carbons (Fsp3) is 0.310. The molecular weight excluding hydrogens is 568 g/mol. The van der Waals surface area contributed by atoms with Crippen molar-refractivity contribution >= 4 is 58.5 Å². The molecule has 2 heterocycles. The lowest BCUT2D eigenvalue weighted by Gasteiger charge is -2.43. The highest BCUT2D eigenvalue weighted by Gasteiger charge is 2.54. The fourth-order valence-corrected chi connectivity index (χ4v) is 5.44. The van der Waals surface area contributed by atoms with Crippen LogP contribution in [0.5, 0.6) is 0 Å². The average Bonchev–Trinajstić information content (AvgIpc) is 3.22. The van der Waals surface area contributed by atoms with E-state index in [4.69, 9.17) is 23.7 Å². The van der Waals surface area contributed by atoms with Crippen molar-refractivity contribution in [1.29, 1.82) is 0 Å². The van der Waals surface area contributed by atoms with Gasteiger partial charge in [-0.3, -0.25) is 28.9 Å². The van der Waals surface area contributed by atoms with Gasteiger partial charge in [0.05, 0.1) is 5.69 Å². The van der Waals surface area contributed by atoms with E-state index in [1.54, 1.807) is 36.4 Å². The first-order valence-corrected chi connectivity index (χ1v) is 13.7. The number of hydrogen-bond acceptors (Lipinski definition) is 12. The van der Waals surface area contributed by atoms with E-state index in [9.17, 15) is 24.0 Å². The molecule has 2 aliphatic rings. The average molecular weight is 597 g/mol. The van der Waals surface area contributed by atoms with Crippen LogP contribution in [0, 0.1) is 0 Å². The van der Waals surface area contributed by atoms with Gasteiger partial charge in [0.15, 0.2) is 22.8 Å². The van der Waals surface area contributed by atoms with Crippen LogP contribution in [0.15, 0.2) is 71.4 Å². The number of thioether (sulfide) groups is 1. The molecule has 0 bridgehead atoms. The van der Waals surface area contributed by atoms with Crippen LogP contribution in [0.2, 0.25) is 0 Å². The molecule has 5 atom stereocenters. The number of esters is 4. The Kier molecular flexibility index (Phi) is 9.76. The molecule has 1 amide bonds. The molecule has 2 aliphatic heterocycles. The molecule has 2 aromatic rings. The molecule has 0 aromatic heterocycles. The Balaban J connectivity index is 1.78. The molecule has 1 fully saturated rings. The summed E-state index contributed by atoms with van der Waals surface area (Å²) in [5, 5.41) is 0.143. The van der Waals surface area contributed by atoms with Crippen molar-refractivity contribution in [3.63, 3.8) is 0 Å². The summed E-state index contributed by atoms with van der Waals surface area (Å²) in [4.78, 5) is 67.7. The molecule has 0 aliphatic carbocycles. The Bertz CT molecular complexity index is 1410. The minimum Gasteiger partial charge on any atom is -0.455 e. The van der Waals surface area contributed by atoms with Gasteiger partial charge < -0.3 is 23.7 Å². The van der Waals surface area contributed by atoms with Gasteiger partial charge in [0, 0.05) is 27.7 Å². The monoisotopic (exact) mass is 596 g/mol. The standard InChI is InChI=1S/C29H28N2O10S/c1-16(32)37-23-24(38-17(2)33)27(40-19(4)35)41-28(25(23)39-18(3)34)42-29-30-22(15-20-11-7-5-8-12-20)26(36)31(29)21-13-9-6-10-14-21/h5-15,23-25,27-28H,1-4H3/b22-15-/t23-,24-,25+,27-,28-/m0/s1. The first kappa shape index (κ1) is 30.5.